The van der Waals surface area contributed by atoms with Crippen LogP contribution in [0.5, 0.6) is 0 Å². The highest BCUT2D eigenvalue weighted by molar-refractivity contribution is 7.92. The van der Waals surface area contributed by atoms with Crippen molar-refractivity contribution < 1.29 is 17.5 Å². The van der Waals surface area contributed by atoms with Crippen molar-refractivity contribution in [3.05, 3.63) is 41.8 Å². The lowest BCUT2D eigenvalue weighted by atomic mass is 10.1. The summed E-state index contributed by atoms with van der Waals surface area (Å²) in [5.41, 5.74) is 0.797. The molecule has 2 aromatic rings. The van der Waals surface area contributed by atoms with E-state index in [1.165, 1.54) is 30.1 Å². The molecule has 0 spiro atoms. The Kier molecular flexibility index (Phi) is 5.67. The van der Waals surface area contributed by atoms with Crippen molar-refractivity contribution in [2.24, 2.45) is 0 Å². The van der Waals surface area contributed by atoms with Crippen molar-refractivity contribution >= 4 is 15.8 Å². The molecule has 0 radical (unpaired) electrons. The highest BCUT2D eigenvalue weighted by Gasteiger charge is 2.20. The molecule has 1 N–H and O–H groups in total. The number of rotatable bonds is 8. The van der Waals surface area contributed by atoms with Crippen molar-refractivity contribution in [2.45, 2.75) is 26.0 Å². The number of halogens is 1. The number of hydrogen-bond acceptors (Lipinski definition) is 5. The molecule has 0 saturated heterocycles. The number of aromatic nitrogens is 3. The fraction of sp³-hybridized carbons (Fsp3) is 0.429. The fourth-order valence-corrected chi connectivity index (χ4v) is 3.28. The van der Waals surface area contributed by atoms with Crippen LogP contribution in [0, 0.1) is 5.82 Å². The Morgan fingerprint density at radius 2 is 2.04 bits per heavy atom. The van der Waals surface area contributed by atoms with Gasteiger partial charge in [-0.15, -0.1) is 5.10 Å². The standard InChI is InChI=1S/C14H19FN4O3S/c1-3-19-9-14(16-18-19)17-23(20,21)10-13(22-2)8-11-4-6-12(15)7-5-11/h4-7,9,13,17H,3,8,10H2,1-2H3. The molecule has 126 valence electrons. The predicted octanol–water partition coefficient (Wildman–Crippen LogP) is 1.44. The molecular weight excluding hydrogens is 323 g/mol. The molecule has 0 fully saturated rings. The van der Waals surface area contributed by atoms with Crippen LogP contribution >= 0.6 is 0 Å². The molecule has 1 atom stereocenters. The van der Waals surface area contributed by atoms with Crippen molar-refractivity contribution in [1.29, 1.82) is 0 Å². The number of aryl methyl sites for hydroxylation is 1. The maximum absolute atomic E-state index is 12.9. The maximum atomic E-state index is 12.9. The van der Waals surface area contributed by atoms with Gasteiger partial charge in [0.2, 0.25) is 10.0 Å². The third-order valence-corrected chi connectivity index (χ3v) is 4.57. The number of sulfonamides is 1. The van der Waals surface area contributed by atoms with Crippen molar-refractivity contribution in [1.82, 2.24) is 15.0 Å². The monoisotopic (exact) mass is 342 g/mol. The number of hydrogen-bond donors (Lipinski definition) is 1. The summed E-state index contributed by atoms with van der Waals surface area (Å²) in [6, 6.07) is 5.87. The molecule has 0 amide bonds. The van der Waals surface area contributed by atoms with Crippen LogP contribution < -0.4 is 4.72 Å². The van der Waals surface area contributed by atoms with E-state index in [4.69, 9.17) is 4.74 Å². The first-order chi connectivity index (χ1) is 10.9. The van der Waals surface area contributed by atoms with Crippen LogP contribution in [0.4, 0.5) is 10.2 Å². The molecule has 0 aliphatic heterocycles. The van der Waals surface area contributed by atoms with Gasteiger partial charge in [0.1, 0.15) is 5.82 Å². The average Bonchev–Trinajstić information content (AvgIpc) is 2.95. The first-order valence-corrected chi connectivity index (χ1v) is 8.75. The molecule has 9 heteroatoms. The minimum absolute atomic E-state index is 0.170. The van der Waals surface area contributed by atoms with Crippen LogP contribution in [-0.4, -0.2) is 42.4 Å². The third-order valence-electron chi connectivity index (χ3n) is 3.24. The van der Waals surface area contributed by atoms with E-state index in [9.17, 15) is 12.8 Å². The maximum Gasteiger partial charge on any atom is 0.236 e. The van der Waals surface area contributed by atoms with Crippen molar-refractivity contribution in [2.75, 3.05) is 17.6 Å². The topological polar surface area (TPSA) is 86.1 Å². The van der Waals surface area contributed by atoms with Gasteiger partial charge < -0.3 is 4.74 Å². The van der Waals surface area contributed by atoms with E-state index < -0.39 is 16.1 Å². The van der Waals surface area contributed by atoms with Crippen LogP contribution in [0.1, 0.15) is 12.5 Å². The van der Waals surface area contributed by atoms with E-state index >= 15 is 0 Å². The Balaban J connectivity index is 1.99. The zero-order valence-electron chi connectivity index (χ0n) is 12.9. The summed E-state index contributed by atoms with van der Waals surface area (Å²) in [5, 5.41) is 7.51. The number of nitrogens with one attached hydrogen (secondary N) is 1. The molecule has 0 bridgehead atoms. The minimum atomic E-state index is -3.63. The van der Waals surface area contributed by atoms with Crippen LogP contribution in [0.3, 0.4) is 0 Å². The van der Waals surface area contributed by atoms with Gasteiger partial charge in [0.15, 0.2) is 5.82 Å². The summed E-state index contributed by atoms with van der Waals surface area (Å²) < 4.78 is 46.4. The van der Waals surface area contributed by atoms with Gasteiger partial charge in [0.25, 0.3) is 0 Å². The second kappa shape index (κ2) is 7.51. The van der Waals surface area contributed by atoms with Crippen molar-refractivity contribution in [3.8, 4) is 0 Å². The Morgan fingerprint density at radius 3 is 2.61 bits per heavy atom. The number of nitrogens with zero attached hydrogens (tertiary/aromatic N) is 3. The summed E-state index contributed by atoms with van der Waals surface area (Å²) in [4.78, 5) is 0. The quantitative estimate of drug-likeness (QED) is 0.784. The van der Waals surface area contributed by atoms with E-state index in [1.54, 1.807) is 12.1 Å². The second-order valence-corrected chi connectivity index (χ2v) is 6.80. The minimum Gasteiger partial charge on any atom is -0.380 e. The van der Waals surface area contributed by atoms with Gasteiger partial charge in [-0.1, -0.05) is 17.3 Å². The molecule has 2 rings (SSSR count). The van der Waals surface area contributed by atoms with Crippen LogP contribution in [0.25, 0.3) is 0 Å². The fourth-order valence-electron chi connectivity index (χ4n) is 2.04. The number of benzene rings is 1. The van der Waals surface area contributed by atoms with Gasteiger partial charge in [0.05, 0.1) is 18.1 Å². The van der Waals surface area contributed by atoms with Crippen LogP contribution in [0.15, 0.2) is 30.5 Å². The molecule has 23 heavy (non-hydrogen) atoms. The first kappa shape index (κ1) is 17.4. The summed E-state index contributed by atoms with van der Waals surface area (Å²) in [6.45, 7) is 2.47. The van der Waals surface area contributed by atoms with Crippen molar-refractivity contribution in [3.63, 3.8) is 0 Å². The normalized spacial score (nSPS) is 13.0. The molecule has 0 saturated carbocycles. The Labute approximate surface area is 134 Å². The van der Waals surface area contributed by atoms with E-state index in [0.717, 1.165) is 5.56 Å². The van der Waals surface area contributed by atoms with Gasteiger partial charge in [-0.3, -0.25) is 9.40 Å². The lowest BCUT2D eigenvalue weighted by molar-refractivity contribution is 0.121. The first-order valence-electron chi connectivity index (χ1n) is 7.09. The van der Waals surface area contributed by atoms with Gasteiger partial charge in [0, 0.05) is 13.7 Å². The lowest BCUT2D eigenvalue weighted by Crippen LogP contribution is -2.29. The number of ether oxygens (including phenoxy) is 1. The predicted molar refractivity (Wildman–Crippen MR) is 84.0 cm³/mol. The zero-order valence-corrected chi connectivity index (χ0v) is 13.8. The molecule has 7 nitrogen and oxygen atoms in total. The molecular formula is C14H19FN4O3S. The van der Waals surface area contributed by atoms with Gasteiger partial charge in [-0.05, 0) is 31.0 Å². The number of methoxy groups -OCH3 is 1. The Morgan fingerprint density at radius 1 is 1.35 bits per heavy atom. The number of anilines is 1. The van der Waals surface area contributed by atoms with E-state index in [0.29, 0.717) is 13.0 Å². The average molecular weight is 342 g/mol. The molecule has 1 heterocycles. The molecule has 1 unspecified atom stereocenters. The van der Waals surface area contributed by atoms with Crippen LogP contribution in [-0.2, 0) is 27.7 Å². The highest BCUT2D eigenvalue weighted by Crippen LogP contribution is 2.11. The lowest BCUT2D eigenvalue weighted by Gasteiger charge is -2.15. The largest absolute Gasteiger partial charge is 0.380 e. The Bertz CT molecular complexity index is 731. The molecule has 1 aromatic carbocycles. The Hall–Kier alpha value is -2.00. The van der Waals surface area contributed by atoms with Gasteiger partial charge in [-0.25, -0.2) is 12.8 Å². The summed E-state index contributed by atoms with van der Waals surface area (Å²) in [6.07, 6.45) is 1.32. The van der Waals surface area contributed by atoms with E-state index in [-0.39, 0.29) is 17.4 Å². The highest BCUT2D eigenvalue weighted by atomic mass is 32.2. The molecule has 0 aliphatic carbocycles. The second-order valence-electron chi connectivity index (χ2n) is 5.03. The van der Waals surface area contributed by atoms with E-state index in [2.05, 4.69) is 15.0 Å². The smallest absolute Gasteiger partial charge is 0.236 e. The third kappa shape index (κ3) is 5.29. The summed E-state index contributed by atoms with van der Waals surface area (Å²) in [5.74, 6) is -0.403. The van der Waals surface area contributed by atoms with E-state index in [1.807, 2.05) is 6.92 Å². The summed E-state index contributed by atoms with van der Waals surface area (Å²) in [7, 11) is -2.19. The molecule has 0 aliphatic rings. The van der Waals surface area contributed by atoms with Crippen LogP contribution in [0.2, 0.25) is 0 Å². The molecule has 1 aromatic heterocycles. The zero-order chi connectivity index (χ0) is 16.9. The SMILES string of the molecule is CCn1cc(NS(=O)(=O)CC(Cc2ccc(F)cc2)OC)nn1. The van der Waals surface area contributed by atoms with Gasteiger partial charge in [-0.2, -0.15) is 0 Å². The summed E-state index contributed by atoms with van der Waals surface area (Å²) >= 11 is 0. The van der Waals surface area contributed by atoms with Gasteiger partial charge >= 0.3 is 0 Å².